The molecule has 3 aliphatic rings. The molecule has 9 nitrogen and oxygen atoms in total. The molecule has 276 valence electrons. The molecule has 0 unspecified atom stereocenters. The van der Waals surface area contributed by atoms with Gasteiger partial charge in [-0.1, -0.05) is 61.0 Å². The highest BCUT2D eigenvalue weighted by atomic mass is 19.1. The lowest BCUT2D eigenvalue weighted by atomic mass is 9.99. The first-order chi connectivity index (χ1) is 25.9. The fraction of sp³-hybridized carbons (Fsp3) is 0.372. The number of piperidine rings is 1. The van der Waals surface area contributed by atoms with Gasteiger partial charge < -0.3 is 20.9 Å². The van der Waals surface area contributed by atoms with Crippen LogP contribution in [0.5, 0.6) is 0 Å². The van der Waals surface area contributed by atoms with Gasteiger partial charge in [-0.3, -0.25) is 19.3 Å². The first-order valence-electron chi connectivity index (χ1n) is 19.1. The molecule has 10 heteroatoms. The topological polar surface area (TPSA) is 97.0 Å². The molecule has 0 spiro atoms. The number of rotatable bonds is 12. The van der Waals surface area contributed by atoms with Gasteiger partial charge in [-0.2, -0.15) is 0 Å². The monoisotopic (exact) mass is 716 g/mol. The van der Waals surface area contributed by atoms with Crippen molar-refractivity contribution in [3.63, 3.8) is 0 Å². The van der Waals surface area contributed by atoms with Crippen LogP contribution in [0.25, 0.3) is 0 Å². The van der Waals surface area contributed by atoms with Crippen molar-refractivity contribution in [1.82, 2.24) is 15.5 Å². The van der Waals surface area contributed by atoms with Crippen LogP contribution in [0, 0.1) is 5.82 Å². The smallest absolute Gasteiger partial charge is 0.255 e. The van der Waals surface area contributed by atoms with Crippen molar-refractivity contribution < 1.29 is 18.8 Å². The Morgan fingerprint density at radius 2 is 1.28 bits per heavy atom. The summed E-state index contributed by atoms with van der Waals surface area (Å²) < 4.78 is 14.0. The highest BCUT2D eigenvalue weighted by Gasteiger charge is 2.38. The molecule has 4 aromatic carbocycles. The van der Waals surface area contributed by atoms with Gasteiger partial charge in [0.2, 0.25) is 5.91 Å². The van der Waals surface area contributed by atoms with Crippen molar-refractivity contribution in [1.29, 1.82) is 0 Å². The van der Waals surface area contributed by atoms with E-state index in [2.05, 4.69) is 25.8 Å². The van der Waals surface area contributed by atoms with Crippen molar-refractivity contribution in [3.8, 4) is 0 Å². The van der Waals surface area contributed by atoms with Crippen LogP contribution < -0.4 is 25.8 Å². The molecular formula is C43H49FN6O3. The van der Waals surface area contributed by atoms with Crippen LogP contribution in [0.2, 0.25) is 0 Å². The van der Waals surface area contributed by atoms with Crippen LogP contribution in [0.15, 0.2) is 103 Å². The molecule has 7 rings (SSSR count). The number of halogens is 1. The minimum atomic E-state index is -0.561. The second-order valence-electron chi connectivity index (χ2n) is 14.4. The maximum absolute atomic E-state index is 14.7. The van der Waals surface area contributed by atoms with Gasteiger partial charge in [0.05, 0.1) is 17.8 Å². The van der Waals surface area contributed by atoms with Crippen LogP contribution in [0.1, 0.15) is 67.7 Å². The SMILES string of the molecule is O=C(Nc1ccc(CN(Cc2ccc(N(C(=O)[C@@H]3CCCN3)C(=O)[C@@H](c3ccccc3)N3CCCCC3)cc2)c2ccc(F)cc2)cc1)[C@@H]1CCCN1. The van der Waals surface area contributed by atoms with Crippen molar-refractivity contribution in [3.05, 3.63) is 126 Å². The summed E-state index contributed by atoms with van der Waals surface area (Å²) in [6, 6.07) is 30.6. The molecule has 0 bridgehead atoms. The van der Waals surface area contributed by atoms with E-state index in [4.69, 9.17) is 0 Å². The number of amides is 3. The van der Waals surface area contributed by atoms with Gasteiger partial charge >= 0.3 is 0 Å². The third kappa shape index (κ3) is 9.01. The van der Waals surface area contributed by atoms with Gasteiger partial charge in [0.1, 0.15) is 11.9 Å². The lowest BCUT2D eigenvalue weighted by molar-refractivity contribution is -0.131. The second kappa shape index (κ2) is 17.3. The summed E-state index contributed by atoms with van der Waals surface area (Å²) in [7, 11) is 0. The molecule has 3 amide bonds. The Balaban J connectivity index is 1.13. The Morgan fingerprint density at radius 3 is 1.89 bits per heavy atom. The fourth-order valence-electron chi connectivity index (χ4n) is 7.77. The van der Waals surface area contributed by atoms with Crippen LogP contribution in [0.3, 0.4) is 0 Å². The summed E-state index contributed by atoms with van der Waals surface area (Å²) >= 11 is 0. The van der Waals surface area contributed by atoms with E-state index in [0.29, 0.717) is 25.2 Å². The summed E-state index contributed by atoms with van der Waals surface area (Å²) in [6.07, 6.45) is 6.60. The molecule has 4 aromatic rings. The summed E-state index contributed by atoms with van der Waals surface area (Å²) in [5.41, 5.74) is 5.04. The summed E-state index contributed by atoms with van der Waals surface area (Å²) in [6.45, 7) is 4.27. The van der Waals surface area contributed by atoms with Crippen molar-refractivity contribution in [2.75, 3.05) is 41.3 Å². The molecule has 53 heavy (non-hydrogen) atoms. The highest BCUT2D eigenvalue weighted by molar-refractivity contribution is 6.18. The Labute approximate surface area is 311 Å². The average Bonchev–Trinajstić information content (AvgIpc) is 3.94. The van der Waals surface area contributed by atoms with Crippen molar-refractivity contribution in [2.45, 2.75) is 76.2 Å². The molecular weight excluding hydrogens is 668 g/mol. The summed E-state index contributed by atoms with van der Waals surface area (Å²) in [4.78, 5) is 47.3. The van der Waals surface area contributed by atoms with E-state index in [9.17, 15) is 18.8 Å². The van der Waals surface area contributed by atoms with Gasteiger partial charge in [0, 0.05) is 24.5 Å². The number of carbonyl (C=O) groups is 3. The van der Waals surface area contributed by atoms with E-state index in [1.165, 1.54) is 17.0 Å². The van der Waals surface area contributed by atoms with Gasteiger partial charge in [0.25, 0.3) is 11.8 Å². The van der Waals surface area contributed by atoms with Gasteiger partial charge in [0.15, 0.2) is 0 Å². The number of benzene rings is 4. The van der Waals surface area contributed by atoms with Gasteiger partial charge in [-0.05, 0) is 130 Å². The number of nitrogens with one attached hydrogen (secondary N) is 3. The quantitative estimate of drug-likeness (QED) is 0.153. The number of imide groups is 1. The fourth-order valence-corrected chi connectivity index (χ4v) is 7.77. The predicted molar refractivity (Wildman–Crippen MR) is 207 cm³/mol. The molecule has 0 aliphatic carbocycles. The zero-order chi connectivity index (χ0) is 36.6. The number of nitrogens with zero attached hydrogens (tertiary/aromatic N) is 3. The number of anilines is 3. The maximum atomic E-state index is 14.7. The largest absolute Gasteiger partial charge is 0.363 e. The lowest BCUT2D eigenvalue weighted by Gasteiger charge is -2.37. The van der Waals surface area contributed by atoms with E-state index in [0.717, 1.165) is 92.8 Å². The maximum Gasteiger partial charge on any atom is 0.255 e. The molecule has 3 N–H and O–H groups in total. The summed E-state index contributed by atoms with van der Waals surface area (Å²) in [5, 5.41) is 9.55. The zero-order valence-electron chi connectivity index (χ0n) is 30.2. The summed E-state index contributed by atoms with van der Waals surface area (Å²) in [5.74, 6) is -0.767. The standard InChI is InChI=1S/C43H49FN6O3/c44-34-17-23-36(24-18-34)49(29-31-13-19-35(20-14-31)47-41(51)38-11-7-25-45-38)30-32-15-21-37(22-16-32)50(42(52)39-12-8-26-46-39)43(53)40(33-9-3-1-4-10-33)48-27-5-2-6-28-48/h1,3-4,9-10,13-24,38-40,45-46H,2,5-8,11-12,25-30H2,(H,47,51)/t38-,39-,40+/m0/s1. The molecule has 3 aliphatic heterocycles. The number of hydrogen-bond donors (Lipinski definition) is 3. The van der Waals surface area contributed by atoms with E-state index in [1.807, 2.05) is 78.9 Å². The minimum Gasteiger partial charge on any atom is -0.363 e. The predicted octanol–water partition coefficient (Wildman–Crippen LogP) is 6.56. The van der Waals surface area contributed by atoms with Gasteiger partial charge in [-0.25, -0.2) is 9.29 Å². The molecule has 0 saturated carbocycles. The average molecular weight is 717 g/mol. The molecule has 3 fully saturated rings. The van der Waals surface area contributed by atoms with E-state index >= 15 is 0 Å². The lowest BCUT2D eigenvalue weighted by Crippen LogP contribution is -2.52. The molecule has 0 aromatic heterocycles. The third-order valence-corrected chi connectivity index (χ3v) is 10.6. The van der Waals surface area contributed by atoms with E-state index in [1.54, 1.807) is 12.1 Å². The van der Waals surface area contributed by atoms with Crippen LogP contribution >= 0.6 is 0 Å². The zero-order valence-corrected chi connectivity index (χ0v) is 30.2. The van der Waals surface area contributed by atoms with Crippen molar-refractivity contribution >= 4 is 34.8 Å². The number of hydrogen-bond acceptors (Lipinski definition) is 7. The molecule has 3 atom stereocenters. The first-order valence-corrected chi connectivity index (χ1v) is 19.1. The number of carbonyl (C=O) groups excluding carboxylic acids is 3. The first kappa shape index (κ1) is 36.5. The Hall–Kier alpha value is -4.90. The number of likely N-dealkylation sites (tertiary alicyclic amines) is 1. The molecule has 0 radical (unpaired) electrons. The Kier molecular flexibility index (Phi) is 11.9. The van der Waals surface area contributed by atoms with E-state index < -0.39 is 12.1 Å². The van der Waals surface area contributed by atoms with Crippen molar-refractivity contribution in [2.24, 2.45) is 0 Å². The van der Waals surface area contributed by atoms with Crippen LogP contribution in [-0.4, -0.2) is 60.9 Å². The van der Waals surface area contributed by atoms with Crippen LogP contribution in [0.4, 0.5) is 21.5 Å². The van der Waals surface area contributed by atoms with Crippen LogP contribution in [-0.2, 0) is 27.5 Å². The highest BCUT2D eigenvalue weighted by Crippen LogP contribution is 2.31. The molecule has 3 saturated heterocycles. The normalized spacial score (nSPS) is 19.4. The second-order valence-corrected chi connectivity index (χ2v) is 14.4. The van der Waals surface area contributed by atoms with Gasteiger partial charge in [-0.15, -0.1) is 0 Å². The Morgan fingerprint density at radius 1 is 0.698 bits per heavy atom. The minimum absolute atomic E-state index is 0.0183. The molecule has 3 heterocycles. The Bertz CT molecular complexity index is 1820. The van der Waals surface area contributed by atoms with E-state index in [-0.39, 0.29) is 29.6 Å². The third-order valence-electron chi connectivity index (χ3n) is 10.6.